The maximum absolute atomic E-state index is 11.6. The van der Waals surface area contributed by atoms with E-state index in [2.05, 4.69) is 15.3 Å². The Morgan fingerprint density at radius 1 is 1.39 bits per heavy atom. The number of carbonyl (C=O) groups is 2. The molecule has 0 saturated carbocycles. The van der Waals surface area contributed by atoms with Crippen LogP contribution in [0, 0.1) is 6.92 Å². The smallest absolute Gasteiger partial charge is 0.407 e. The van der Waals surface area contributed by atoms with Gasteiger partial charge in [-0.15, -0.1) is 0 Å². The van der Waals surface area contributed by atoms with Crippen LogP contribution in [0.4, 0.5) is 4.79 Å². The summed E-state index contributed by atoms with van der Waals surface area (Å²) in [5.74, 6) is -0.508. The number of carboxylic acids is 1. The minimum absolute atomic E-state index is 0.103. The maximum Gasteiger partial charge on any atom is 0.407 e. The van der Waals surface area contributed by atoms with Crippen LogP contribution < -0.4 is 5.32 Å². The summed E-state index contributed by atoms with van der Waals surface area (Å²) in [6.45, 7) is 7.54. The maximum atomic E-state index is 11.6. The fraction of sp³-hybridized carbons (Fsp3) is 0.467. The Kier molecular flexibility index (Phi) is 4.53. The van der Waals surface area contributed by atoms with E-state index in [0.717, 1.165) is 0 Å². The number of nitrogens with zero attached hydrogens (tertiary/aromatic N) is 3. The first kappa shape index (κ1) is 16.7. The van der Waals surface area contributed by atoms with Gasteiger partial charge in [0.1, 0.15) is 22.8 Å². The molecular formula is C15H20N4O4. The predicted molar refractivity (Wildman–Crippen MR) is 83.5 cm³/mol. The number of hydrogen-bond acceptors (Lipinski definition) is 5. The first-order chi connectivity index (χ1) is 10.7. The molecule has 0 aromatic carbocycles. The number of aromatic nitrogens is 3. The van der Waals surface area contributed by atoms with Crippen LogP contribution in [0.25, 0.3) is 11.0 Å². The van der Waals surface area contributed by atoms with E-state index in [9.17, 15) is 14.7 Å². The topological polar surface area (TPSA) is 106 Å². The third kappa shape index (κ3) is 4.18. The van der Waals surface area contributed by atoms with Crippen LogP contribution in [0.2, 0.25) is 0 Å². The Hall–Kier alpha value is -2.64. The van der Waals surface area contributed by atoms with Crippen molar-refractivity contribution < 1.29 is 19.4 Å². The summed E-state index contributed by atoms with van der Waals surface area (Å²) >= 11 is 0. The molecule has 124 valence electrons. The Morgan fingerprint density at radius 2 is 2.09 bits per heavy atom. The summed E-state index contributed by atoms with van der Waals surface area (Å²) in [5, 5.41) is 12.6. The Morgan fingerprint density at radius 3 is 2.70 bits per heavy atom. The van der Waals surface area contributed by atoms with Crippen molar-refractivity contribution in [1.29, 1.82) is 0 Å². The molecule has 0 aliphatic heterocycles. The quantitative estimate of drug-likeness (QED) is 0.892. The Labute approximate surface area is 133 Å². The highest BCUT2D eigenvalue weighted by Gasteiger charge is 2.18. The molecule has 0 fully saturated rings. The average molecular weight is 320 g/mol. The number of aromatic carboxylic acids is 1. The van der Waals surface area contributed by atoms with Gasteiger partial charge in [-0.2, -0.15) is 0 Å². The van der Waals surface area contributed by atoms with E-state index >= 15 is 0 Å². The second kappa shape index (κ2) is 6.23. The van der Waals surface area contributed by atoms with Crippen LogP contribution in [0.1, 0.15) is 37.1 Å². The number of carboxylic acid groups (broad SMARTS) is 1. The molecule has 0 radical (unpaired) electrons. The fourth-order valence-electron chi connectivity index (χ4n) is 2.11. The zero-order valence-electron chi connectivity index (χ0n) is 13.6. The van der Waals surface area contributed by atoms with Crippen molar-refractivity contribution in [1.82, 2.24) is 19.9 Å². The SMILES string of the molecule is Cc1ncc2cc(C(=O)O)n(CCNC(=O)OC(C)(C)C)c2n1. The standard InChI is InChI=1S/C15H20N4O4/c1-9-17-8-10-7-11(13(20)21)19(12(10)18-9)6-5-16-14(22)23-15(2,3)4/h7-8H,5-6H2,1-4H3,(H,16,22)(H,20,21). The number of ether oxygens (including phenoxy) is 1. The molecule has 2 rings (SSSR count). The molecule has 0 aliphatic rings. The summed E-state index contributed by atoms with van der Waals surface area (Å²) in [4.78, 5) is 31.4. The molecule has 8 heteroatoms. The minimum atomic E-state index is -1.06. The van der Waals surface area contributed by atoms with Crippen LogP contribution in [0.3, 0.4) is 0 Å². The lowest BCUT2D eigenvalue weighted by Gasteiger charge is -2.19. The lowest BCUT2D eigenvalue weighted by molar-refractivity contribution is 0.0526. The fourth-order valence-corrected chi connectivity index (χ4v) is 2.11. The molecule has 8 nitrogen and oxygen atoms in total. The van der Waals surface area contributed by atoms with Crippen LogP contribution in [0.15, 0.2) is 12.3 Å². The molecule has 0 atom stereocenters. The van der Waals surface area contributed by atoms with Crippen LogP contribution in [-0.2, 0) is 11.3 Å². The number of carbonyl (C=O) groups excluding carboxylic acids is 1. The van der Waals surface area contributed by atoms with E-state index in [1.807, 2.05) is 0 Å². The zero-order valence-corrected chi connectivity index (χ0v) is 13.6. The highest BCUT2D eigenvalue weighted by molar-refractivity contribution is 5.93. The summed E-state index contributed by atoms with van der Waals surface area (Å²) in [6, 6.07) is 1.52. The van der Waals surface area contributed by atoms with E-state index in [0.29, 0.717) is 16.9 Å². The molecule has 0 saturated heterocycles. The number of hydrogen-bond donors (Lipinski definition) is 2. The molecule has 2 aromatic heterocycles. The normalized spacial score (nSPS) is 11.5. The molecule has 2 aromatic rings. The van der Waals surface area contributed by atoms with Crippen molar-refractivity contribution in [3.05, 3.63) is 23.8 Å². The zero-order chi connectivity index (χ0) is 17.2. The van der Waals surface area contributed by atoms with Gasteiger partial charge < -0.3 is 19.7 Å². The van der Waals surface area contributed by atoms with Crippen LogP contribution in [-0.4, -0.2) is 43.8 Å². The number of alkyl carbamates (subject to hydrolysis) is 1. The number of amides is 1. The van der Waals surface area contributed by atoms with Crippen molar-refractivity contribution in [2.24, 2.45) is 0 Å². The highest BCUT2D eigenvalue weighted by atomic mass is 16.6. The van der Waals surface area contributed by atoms with Crippen molar-refractivity contribution in [3.8, 4) is 0 Å². The number of aryl methyl sites for hydroxylation is 1. The van der Waals surface area contributed by atoms with Crippen molar-refractivity contribution in [2.45, 2.75) is 39.8 Å². The van der Waals surface area contributed by atoms with Gasteiger partial charge in [0.25, 0.3) is 0 Å². The molecule has 2 N–H and O–H groups in total. The van der Waals surface area contributed by atoms with Gasteiger partial charge in [-0.05, 0) is 33.8 Å². The first-order valence-electron chi connectivity index (χ1n) is 7.20. The minimum Gasteiger partial charge on any atom is -0.477 e. The number of fused-ring (bicyclic) bond motifs is 1. The number of rotatable bonds is 4. The summed E-state index contributed by atoms with van der Waals surface area (Å²) in [5.41, 5.74) is 0.0487. The third-order valence-electron chi connectivity index (χ3n) is 2.98. The second-order valence-corrected chi connectivity index (χ2v) is 6.11. The lowest BCUT2D eigenvalue weighted by Crippen LogP contribution is -2.34. The summed E-state index contributed by atoms with van der Waals surface area (Å²) in [7, 11) is 0. The molecule has 2 heterocycles. The summed E-state index contributed by atoms with van der Waals surface area (Å²) < 4.78 is 6.69. The molecule has 23 heavy (non-hydrogen) atoms. The summed E-state index contributed by atoms with van der Waals surface area (Å²) in [6.07, 6.45) is 1.04. The molecule has 0 aliphatic carbocycles. The van der Waals surface area contributed by atoms with E-state index in [1.165, 1.54) is 6.07 Å². The van der Waals surface area contributed by atoms with Gasteiger partial charge in [0.2, 0.25) is 0 Å². The average Bonchev–Trinajstić information content (AvgIpc) is 2.75. The van der Waals surface area contributed by atoms with Crippen molar-refractivity contribution in [3.63, 3.8) is 0 Å². The van der Waals surface area contributed by atoms with Crippen LogP contribution >= 0.6 is 0 Å². The van der Waals surface area contributed by atoms with Gasteiger partial charge in [-0.3, -0.25) is 0 Å². The predicted octanol–water partition coefficient (Wildman–Crippen LogP) is 1.96. The van der Waals surface area contributed by atoms with Gasteiger partial charge in [0.05, 0.1) is 0 Å². The van der Waals surface area contributed by atoms with Gasteiger partial charge in [0.15, 0.2) is 0 Å². The van der Waals surface area contributed by atoms with Crippen molar-refractivity contribution in [2.75, 3.05) is 6.54 Å². The molecular weight excluding hydrogens is 300 g/mol. The van der Waals surface area contributed by atoms with Gasteiger partial charge in [0, 0.05) is 24.7 Å². The third-order valence-corrected chi connectivity index (χ3v) is 2.98. The molecule has 1 amide bonds. The largest absolute Gasteiger partial charge is 0.477 e. The van der Waals surface area contributed by atoms with E-state index < -0.39 is 17.7 Å². The van der Waals surface area contributed by atoms with E-state index in [1.54, 1.807) is 38.5 Å². The Bertz CT molecular complexity index is 746. The van der Waals surface area contributed by atoms with Gasteiger partial charge >= 0.3 is 12.1 Å². The second-order valence-electron chi connectivity index (χ2n) is 6.11. The lowest BCUT2D eigenvalue weighted by atomic mass is 10.2. The van der Waals surface area contributed by atoms with Gasteiger partial charge in [-0.1, -0.05) is 0 Å². The monoisotopic (exact) mass is 320 g/mol. The molecule has 0 spiro atoms. The van der Waals surface area contributed by atoms with E-state index in [4.69, 9.17) is 4.74 Å². The highest BCUT2D eigenvalue weighted by Crippen LogP contribution is 2.17. The first-order valence-corrected chi connectivity index (χ1v) is 7.20. The van der Waals surface area contributed by atoms with Gasteiger partial charge in [-0.25, -0.2) is 19.6 Å². The van der Waals surface area contributed by atoms with Crippen molar-refractivity contribution >= 4 is 23.1 Å². The number of nitrogens with one attached hydrogen (secondary N) is 1. The molecule has 0 bridgehead atoms. The van der Waals surface area contributed by atoms with Crippen LogP contribution in [0.5, 0.6) is 0 Å². The van der Waals surface area contributed by atoms with E-state index in [-0.39, 0.29) is 18.8 Å². The Balaban J connectivity index is 2.15. The molecule has 0 unspecified atom stereocenters.